The molecule has 0 saturated carbocycles. The molecule has 2 N–H and O–H groups in total. The number of H-pyrrole nitrogens is 1. The van der Waals surface area contributed by atoms with Crippen LogP contribution in [0.3, 0.4) is 0 Å². The molecule has 0 spiro atoms. The van der Waals surface area contributed by atoms with Gasteiger partial charge in [0.1, 0.15) is 5.69 Å². The molecule has 6 nitrogen and oxygen atoms in total. The molecule has 1 aliphatic rings. The van der Waals surface area contributed by atoms with Gasteiger partial charge < -0.3 is 10.1 Å². The lowest BCUT2D eigenvalue weighted by Crippen LogP contribution is -2.30. The number of aromatic nitrogens is 2. The van der Waals surface area contributed by atoms with Gasteiger partial charge in [-0.3, -0.25) is 14.2 Å². The Kier molecular flexibility index (Phi) is 3.34. The zero-order valence-electron chi connectivity index (χ0n) is 11.5. The fourth-order valence-corrected chi connectivity index (χ4v) is 2.57. The fourth-order valence-electron chi connectivity index (χ4n) is 2.25. The lowest BCUT2D eigenvalue weighted by molar-refractivity contribution is -0.114. The number of para-hydroxylation sites is 1. The highest BCUT2D eigenvalue weighted by Gasteiger charge is 2.16. The van der Waals surface area contributed by atoms with Crippen LogP contribution in [0.1, 0.15) is 17.4 Å². The van der Waals surface area contributed by atoms with Gasteiger partial charge in [0.15, 0.2) is 4.77 Å². The number of fused-ring (bicyclic) bond motifs is 1. The maximum Gasteiger partial charge on any atom is 0.277 e. The van der Waals surface area contributed by atoms with Crippen LogP contribution in [0.2, 0.25) is 0 Å². The van der Waals surface area contributed by atoms with Crippen molar-refractivity contribution in [2.45, 2.75) is 6.92 Å². The first-order valence-corrected chi connectivity index (χ1v) is 6.84. The van der Waals surface area contributed by atoms with Gasteiger partial charge in [-0.15, -0.1) is 0 Å². The summed E-state index contributed by atoms with van der Waals surface area (Å²) in [5.41, 5.74) is 0.393. The molecule has 1 aromatic heterocycles. The van der Waals surface area contributed by atoms with Gasteiger partial charge in [-0.2, -0.15) is 0 Å². The van der Waals surface area contributed by atoms with Gasteiger partial charge in [0, 0.05) is 17.7 Å². The first kappa shape index (κ1) is 14.2. The van der Waals surface area contributed by atoms with Gasteiger partial charge >= 0.3 is 0 Å². The van der Waals surface area contributed by atoms with Gasteiger partial charge in [0.05, 0.1) is 5.36 Å². The van der Waals surface area contributed by atoms with Crippen LogP contribution in [0.25, 0.3) is 12.2 Å². The zero-order chi connectivity index (χ0) is 15.9. The van der Waals surface area contributed by atoms with Crippen LogP contribution in [0.4, 0.5) is 0 Å². The minimum Gasteiger partial charge on any atom is -0.493 e. The van der Waals surface area contributed by atoms with Crippen LogP contribution in [0.15, 0.2) is 34.8 Å². The molecule has 0 saturated heterocycles. The highest BCUT2D eigenvalue weighted by Crippen LogP contribution is 2.20. The van der Waals surface area contributed by atoms with E-state index in [2.05, 4.69) is 9.98 Å². The summed E-state index contributed by atoms with van der Waals surface area (Å²) in [5.74, 6) is -1.08. The summed E-state index contributed by atoms with van der Waals surface area (Å²) in [5, 5.41) is 11.3. The third kappa shape index (κ3) is 2.31. The summed E-state index contributed by atoms with van der Waals surface area (Å²) < 4.78 is 1.19. The predicted molar refractivity (Wildman–Crippen MR) is 82.3 cm³/mol. The van der Waals surface area contributed by atoms with E-state index in [9.17, 15) is 14.7 Å². The number of carbonyl (C=O) groups is 2. The third-order valence-corrected chi connectivity index (χ3v) is 3.52. The molecule has 0 radical (unpaired) electrons. The van der Waals surface area contributed by atoms with Crippen molar-refractivity contribution in [3.8, 4) is 5.88 Å². The average Bonchev–Trinajstić information content (AvgIpc) is 2.74. The number of carbonyl (C=O) groups excluding carboxylic acids is 2. The SMILES string of the molecule is CC(=O)n1c(/C=C2\C=c3ccccc3=NC2=O)c(O)[nH]c1=S. The number of hydrogen-bond donors (Lipinski definition) is 2. The number of nitrogens with one attached hydrogen (secondary N) is 1. The number of nitrogens with zero attached hydrogens (tertiary/aromatic N) is 2. The van der Waals surface area contributed by atoms with Crippen LogP contribution < -0.4 is 10.6 Å². The van der Waals surface area contributed by atoms with Crippen LogP contribution in [0.5, 0.6) is 5.88 Å². The molecule has 22 heavy (non-hydrogen) atoms. The fraction of sp³-hybridized carbons (Fsp3) is 0.0667. The molecule has 0 bridgehead atoms. The average molecular weight is 313 g/mol. The monoisotopic (exact) mass is 313 g/mol. The topological polar surface area (TPSA) is 87.4 Å². The Morgan fingerprint density at radius 1 is 1.41 bits per heavy atom. The van der Waals surface area contributed by atoms with E-state index in [4.69, 9.17) is 12.2 Å². The van der Waals surface area contributed by atoms with Gasteiger partial charge in [-0.05, 0) is 30.4 Å². The van der Waals surface area contributed by atoms with Crippen molar-refractivity contribution in [2.24, 2.45) is 4.99 Å². The van der Waals surface area contributed by atoms with E-state index < -0.39 is 5.91 Å². The van der Waals surface area contributed by atoms with Gasteiger partial charge in [0.25, 0.3) is 5.91 Å². The van der Waals surface area contributed by atoms with Crippen LogP contribution in [-0.2, 0) is 4.79 Å². The van der Waals surface area contributed by atoms with Gasteiger partial charge in [0.2, 0.25) is 11.8 Å². The Labute approximate surface area is 129 Å². The number of benzene rings is 1. The minimum atomic E-state index is -0.444. The smallest absolute Gasteiger partial charge is 0.277 e. The summed E-state index contributed by atoms with van der Waals surface area (Å²) in [6.45, 7) is 1.32. The highest BCUT2D eigenvalue weighted by atomic mass is 32.1. The van der Waals surface area contributed by atoms with Crippen molar-refractivity contribution >= 4 is 36.2 Å². The van der Waals surface area contributed by atoms with Crippen molar-refractivity contribution in [2.75, 3.05) is 0 Å². The Morgan fingerprint density at radius 2 is 2.14 bits per heavy atom. The largest absolute Gasteiger partial charge is 0.493 e. The van der Waals surface area contributed by atoms with Crippen molar-refractivity contribution in [3.63, 3.8) is 0 Å². The van der Waals surface area contributed by atoms with E-state index in [-0.39, 0.29) is 27.8 Å². The van der Waals surface area contributed by atoms with Crippen molar-refractivity contribution in [3.05, 3.63) is 50.9 Å². The van der Waals surface area contributed by atoms with E-state index in [1.807, 2.05) is 12.1 Å². The summed E-state index contributed by atoms with van der Waals surface area (Å²) in [6, 6.07) is 7.20. The molecule has 2 aromatic rings. The van der Waals surface area contributed by atoms with Crippen molar-refractivity contribution in [1.82, 2.24) is 9.55 Å². The van der Waals surface area contributed by atoms with E-state index in [0.717, 1.165) is 9.79 Å². The number of hydrogen-bond acceptors (Lipinski definition) is 4. The van der Waals surface area contributed by atoms with Crippen molar-refractivity contribution < 1.29 is 14.7 Å². The molecule has 1 aromatic carbocycles. The minimum absolute atomic E-state index is 0.0671. The number of aromatic hydroxyl groups is 1. The molecule has 1 aliphatic heterocycles. The maximum absolute atomic E-state index is 12.1. The van der Waals surface area contributed by atoms with Crippen LogP contribution in [-0.4, -0.2) is 26.5 Å². The van der Waals surface area contributed by atoms with Crippen LogP contribution in [0, 0.1) is 4.77 Å². The van der Waals surface area contributed by atoms with Gasteiger partial charge in [-0.25, -0.2) is 4.99 Å². The molecule has 3 rings (SSSR count). The number of imidazole rings is 1. The molecule has 0 atom stereocenters. The lowest BCUT2D eigenvalue weighted by atomic mass is 10.1. The second kappa shape index (κ2) is 5.19. The maximum atomic E-state index is 12.1. The first-order chi connectivity index (χ1) is 10.5. The van der Waals surface area contributed by atoms with Crippen LogP contribution >= 0.6 is 12.2 Å². The third-order valence-electron chi connectivity index (χ3n) is 3.24. The summed E-state index contributed by atoms with van der Waals surface area (Å²) in [4.78, 5) is 30.2. The standard InChI is InChI=1S/C15H11N3O3S/c1-8(19)18-12(14(21)17-15(18)22)7-10-6-9-4-2-3-5-11(9)16-13(10)20/h2-7,21H,1H3,(H,17,22)/b10-7+. The lowest BCUT2D eigenvalue weighted by Gasteiger charge is -2.04. The Bertz CT molecular complexity index is 1010. The predicted octanol–water partition coefficient (Wildman–Crippen LogP) is 0.935. The molecular formula is C15H11N3O3S. The molecule has 0 unspecified atom stereocenters. The molecule has 0 fully saturated rings. The van der Waals surface area contributed by atoms with Gasteiger partial charge in [-0.1, -0.05) is 18.2 Å². The normalized spacial score (nSPS) is 15.1. The summed E-state index contributed by atoms with van der Waals surface area (Å²) in [6.07, 6.45) is 3.05. The molecular weight excluding hydrogens is 302 g/mol. The molecule has 2 heterocycles. The van der Waals surface area contributed by atoms with E-state index in [0.29, 0.717) is 5.36 Å². The highest BCUT2D eigenvalue weighted by molar-refractivity contribution is 7.71. The van der Waals surface area contributed by atoms with Crippen molar-refractivity contribution in [1.29, 1.82) is 0 Å². The molecule has 110 valence electrons. The zero-order valence-corrected chi connectivity index (χ0v) is 12.3. The second-order valence-corrected chi connectivity index (χ2v) is 5.12. The summed E-state index contributed by atoms with van der Waals surface area (Å²) >= 11 is 4.98. The quantitative estimate of drug-likeness (QED) is 0.606. The second-order valence-electron chi connectivity index (χ2n) is 4.74. The van der Waals surface area contributed by atoms with E-state index in [1.54, 1.807) is 18.2 Å². The number of aromatic amines is 1. The Hall–Kier alpha value is -2.80. The molecule has 0 aliphatic carbocycles. The van der Waals surface area contributed by atoms with E-state index >= 15 is 0 Å². The molecule has 7 heteroatoms. The Morgan fingerprint density at radius 3 is 2.86 bits per heavy atom. The molecule has 1 amide bonds. The number of amides is 1. The first-order valence-electron chi connectivity index (χ1n) is 6.44. The number of rotatable bonds is 1. The summed E-state index contributed by atoms with van der Waals surface area (Å²) in [7, 11) is 0. The Balaban J connectivity index is 2.23. The van der Waals surface area contributed by atoms with E-state index in [1.165, 1.54) is 13.0 Å².